The quantitative estimate of drug-likeness (QED) is 0.243. The van der Waals surface area contributed by atoms with E-state index in [0.717, 1.165) is 62.1 Å². The van der Waals surface area contributed by atoms with E-state index in [1.54, 1.807) is 6.92 Å². The van der Waals surface area contributed by atoms with Gasteiger partial charge >= 0.3 is 12.4 Å². The number of nitrogens with one attached hydrogen (secondary N) is 3. The van der Waals surface area contributed by atoms with Gasteiger partial charge in [0.2, 0.25) is 70.9 Å². The molecule has 1 aromatic carbocycles. The summed E-state index contributed by atoms with van der Waals surface area (Å²) in [5.41, 5.74) is -4.20. The van der Waals surface area contributed by atoms with Gasteiger partial charge in [0.15, 0.2) is 0 Å². The van der Waals surface area contributed by atoms with Gasteiger partial charge in [0.1, 0.15) is 65.0 Å². The number of likely N-dealkylation sites (tertiary alicyclic amines) is 1. The second-order valence-electron chi connectivity index (χ2n) is 29.1. The minimum Gasteiger partial charge on any atom is -0.343 e. The molecular formula is C70H102F8N12O12. The van der Waals surface area contributed by atoms with Gasteiger partial charge in [-0.05, 0) is 106 Å². The van der Waals surface area contributed by atoms with Gasteiger partial charge in [-0.3, -0.25) is 57.5 Å². The number of rotatable bonds is 10. The lowest BCUT2D eigenvalue weighted by Crippen LogP contribution is -2.65. The number of benzene rings is 1. The van der Waals surface area contributed by atoms with Crippen molar-refractivity contribution in [1.29, 1.82) is 0 Å². The van der Waals surface area contributed by atoms with Crippen molar-refractivity contribution in [2.24, 2.45) is 17.8 Å². The molecule has 6 aliphatic rings. The molecule has 1 aromatic rings. The molecule has 8 atom stereocenters. The molecule has 12 amide bonds. The van der Waals surface area contributed by atoms with Crippen molar-refractivity contribution in [3.05, 3.63) is 34.9 Å². The summed E-state index contributed by atoms with van der Waals surface area (Å²) in [6.07, 6.45) is -5.18. The molecule has 102 heavy (non-hydrogen) atoms. The number of hydrogen-bond acceptors (Lipinski definition) is 12. The Morgan fingerprint density at radius 2 is 1.16 bits per heavy atom. The van der Waals surface area contributed by atoms with E-state index < -0.39 is 205 Å². The highest BCUT2D eigenvalue weighted by Crippen LogP contribution is 2.39. The molecule has 1 spiro atoms. The van der Waals surface area contributed by atoms with E-state index in [0.29, 0.717) is 81.2 Å². The van der Waals surface area contributed by atoms with E-state index in [-0.39, 0.29) is 69.6 Å². The first-order valence-corrected chi connectivity index (χ1v) is 35.8. The largest absolute Gasteiger partial charge is 0.422 e. The second-order valence-corrected chi connectivity index (χ2v) is 29.1. The van der Waals surface area contributed by atoms with E-state index in [4.69, 9.17) is 0 Å². The lowest BCUT2D eigenvalue weighted by molar-refractivity contribution is -0.163. The van der Waals surface area contributed by atoms with Crippen molar-refractivity contribution in [3.8, 4) is 0 Å². The standard InChI is InChI=1S/C70H102F8N12O12/c1-10-42(2)58-65(100)84(5)40-55(93)82(3)41-56(94)85(6)50(36-43-22-13-11-14-23-43)63(98)83(4)39-53(91)79-48(28-27-44-34-46(71)57(47(72)35-44)70(76,77)78)62(97)90-33-21-26-49(90)61(96)81-68(29-17-18-30-68)67(102)88(9)59(45-24-15-12-16-25-45)66(101)87(8)51(64(99)89-31-19-20-32-89)37-54(92)86(7)52(60(95)80-58)38-69(73,74)75/h34-35,42-43,45,48-52,58-59H,10-33,36-41H2,1-9H3,(H,79,91)(H,80,95)(H,81,96)/t42-,48-,49?,50-,51-,52-,58-,59-/m0/s1. The number of alkyl halides is 6. The third kappa shape index (κ3) is 20.2. The minimum absolute atomic E-state index is 0.00867. The Bertz CT molecular complexity index is 3200. The Labute approximate surface area is 591 Å². The van der Waals surface area contributed by atoms with Gasteiger partial charge in [-0.1, -0.05) is 84.5 Å². The third-order valence-electron chi connectivity index (χ3n) is 21.9. The number of fused-ring (bicyclic) bond motifs is 1. The van der Waals surface area contributed by atoms with Crippen LogP contribution in [0.5, 0.6) is 0 Å². The lowest BCUT2D eigenvalue weighted by Gasteiger charge is -2.43. The fourth-order valence-electron chi connectivity index (χ4n) is 15.5. The zero-order valence-electron chi connectivity index (χ0n) is 60.1. The molecule has 6 fully saturated rings. The summed E-state index contributed by atoms with van der Waals surface area (Å²) in [6.45, 7) is 1.28. The Kier molecular flexibility index (Phi) is 28.1. The first-order chi connectivity index (χ1) is 47.9. The maximum absolute atomic E-state index is 15.6. The predicted molar refractivity (Wildman–Crippen MR) is 355 cm³/mol. The van der Waals surface area contributed by atoms with Gasteiger partial charge in [-0.15, -0.1) is 0 Å². The van der Waals surface area contributed by atoms with Gasteiger partial charge in [-0.25, -0.2) is 8.78 Å². The molecule has 7 rings (SSSR count). The second kappa shape index (κ2) is 35.2. The van der Waals surface area contributed by atoms with E-state index in [9.17, 15) is 64.7 Å². The fraction of sp³-hybridized carbons (Fsp3) is 0.743. The molecular weight excluding hydrogens is 1350 g/mol. The zero-order valence-corrected chi connectivity index (χ0v) is 60.1. The highest BCUT2D eigenvalue weighted by Gasteiger charge is 2.52. The molecule has 1 unspecified atom stereocenters. The number of amides is 12. The van der Waals surface area contributed by atoms with Gasteiger partial charge in [0, 0.05) is 69.0 Å². The van der Waals surface area contributed by atoms with Gasteiger partial charge in [0.25, 0.3) is 0 Å². The summed E-state index contributed by atoms with van der Waals surface area (Å²) in [5.74, 6) is -16.1. The lowest BCUT2D eigenvalue weighted by atomic mass is 9.81. The van der Waals surface area contributed by atoms with Crippen LogP contribution in [-0.2, 0) is 70.1 Å². The number of aryl methyl sites for hydroxylation is 1. The maximum atomic E-state index is 15.6. The Hall–Kier alpha value is -7.70. The van der Waals surface area contributed by atoms with Crippen molar-refractivity contribution in [1.82, 2.24) is 60.0 Å². The molecule has 3 saturated carbocycles. The van der Waals surface area contributed by atoms with Crippen molar-refractivity contribution in [3.63, 3.8) is 0 Å². The van der Waals surface area contributed by atoms with Crippen molar-refractivity contribution in [2.45, 2.75) is 228 Å². The topological polar surface area (TPSA) is 270 Å². The molecule has 3 N–H and O–H groups in total. The fourth-order valence-corrected chi connectivity index (χ4v) is 15.5. The normalized spacial score (nSPS) is 26.7. The highest BCUT2D eigenvalue weighted by atomic mass is 19.4. The van der Waals surface area contributed by atoms with E-state index in [1.807, 2.05) is 0 Å². The van der Waals surface area contributed by atoms with Crippen LogP contribution >= 0.6 is 0 Å². The predicted octanol–water partition coefficient (Wildman–Crippen LogP) is 5.56. The number of hydrogen-bond donors (Lipinski definition) is 3. The van der Waals surface area contributed by atoms with Gasteiger partial charge in [-0.2, -0.15) is 26.3 Å². The zero-order chi connectivity index (χ0) is 75.5. The summed E-state index contributed by atoms with van der Waals surface area (Å²) >= 11 is 0. The number of halogens is 8. The summed E-state index contributed by atoms with van der Waals surface area (Å²) in [5, 5.41) is 7.94. The molecule has 3 aliphatic carbocycles. The van der Waals surface area contributed by atoms with Crippen molar-refractivity contribution >= 4 is 70.9 Å². The molecule has 570 valence electrons. The molecule has 3 aliphatic heterocycles. The molecule has 3 saturated heterocycles. The van der Waals surface area contributed by atoms with E-state index >= 15 is 28.0 Å². The van der Waals surface area contributed by atoms with Crippen LogP contribution in [0.2, 0.25) is 0 Å². The summed E-state index contributed by atoms with van der Waals surface area (Å²) in [4.78, 5) is 187. The first kappa shape index (κ1) is 81.6. The Balaban J connectivity index is 1.30. The first-order valence-electron chi connectivity index (χ1n) is 35.8. The number of likely N-dealkylation sites (N-methyl/N-ethyl adjacent to an activating group) is 7. The number of nitrogens with zero attached hydrogens (tertiary/aromatic N) is 9. The highest BCUT2D eigenvalue weighted by molar-refractivity contribution is 6.01. The van der Waals surface area contributed by atoms with Crippen LogP contribution in [0, 0.1) is 29.4 Å². The van der Waals surface area contributed by atoms with Crippen LogP contribution in [-0.4, -0.2) is 258 Å². The third-order valence-corrected chi connectivity index (χ3v) is 21.9. The molecule has 3 heterocycles. The van der Waals surface area contributed by atoms with Crippen LogP contribution in [0.1, 0.15) is 173 Å². The van der Waals surface area contributed by atoms with E-state index in [2.05, 4.69) is 16.0 Å². The summed E-state index contributed by atoms with van der Waals surface area (Å²) in [6, 6.07) is -10.4. The SMILES string of the molecule is CC[C@H](C)[C@@H]1NC(=O)[C@H](CC(F)(F)F)N(C)C(=O)C[C@@H](C(=O)N2CCCC2)N(C)C(=O)[C@H](C2CCCCC2)N(C)C(=O)C2(CCCC2)NC(=O)C2CCCN2C(=O)[C@H](CCc2cc(F)c(C(F)(F)F)c(F)c2)NC(=O)CN(C)C(=O)[C@H](CC2CCCCC2)N(C)C(=O)CN(C)C(=O)CN(C)C1=O. The Morgan fingerprint density at radius 3 is 1.74 bits per heavy atom. The van der Waals surface area contributed by atoms with Crippen LogP contribution in [0.3, 0.4) is 0 Å². The number of carbonyl (C=O) groups excluding carboxylic acids is 12. The van der Waals surface area contributed by atoms with Gasteiger partial charge < -0.3 is 60.0 Å². The summed E-state index contributed by atoms with van der Waals surface area (Å²) < 4.78 is 116. The molecule has 0 radical (unpaired) electrons. The average Bonchev–Trinajstić information content (AvgIpc) is 1.60. The van der Waals surface area contributed by atoms with Crippen LogP contribution < -0.4 is 16.0 Å². The molecule has 32 heteroatoms. The van der Waals surface area contributed by atoms with Crippen LogP contribution in [0.4, 0.5) is 35.1 Å². The Morgan fingerprint density at radius 1 is 0.588 bits per heavy atom. The number of carbonyl (C=O) groups is 12. The minimum atomic E-state index is -5.41. The monoisotopic (exact) mass is 1450 g/mol. The van der Waals surface area contributed by atoms with Crippen molar-refractivity contribution in [2.75, 3.05) is 88.6 Å². The van der Waals surface area contributed by atoms with Crippen LogP contribution in [0.15, 0.2) is 12.1 Å². The van der Waals surface area contributed by atoms with E-state index in [1.165, 1.54) is 59.0 Å². The van der Waals surface area contributed by atoms with Gasteiger partial charge in [0.05, 0.1) is 32.5 Å². The smallest absolute Gasteiger partial charge is 0.343 e. The molecule has 0 bridgehead atoms. The maximum Gasteiger partial charge on any atom is 0.422 e. The summed E-state index contributed by atoms with van der Waals surface area (Å²) in [7, 11) is 8.58. The molecule has 24 nitrogen and oxygen atoms in total. The van der Waals surface area contributed by atoms with Crippen molar-refractivity contribution < 1.29 is 92.7 Å². The molecule has 0 aromatic heterocycles. The average molecular weight is 1460 g/mol. The van der Waals surface area contributed by atoms with Crippen LogP contribution in [0.25, 0.3) is 0 Å².